The van der Waals surface area contributed by atoms with Crippen molar-refractivity contribution < 1.29 is 23.1 Å². The molecule has 0 saturated heterocycles. The van der Waals surface area contributed by atoms with Gasteiger partial charge in [-0.3, -0.25) is 10.2 Å². The Bertz CT molecular complexity index is 1650. The van der Waals surface area contributed by atoms with E-state index in [1.165, 1.54) is 0 Å². The Morgan fingerprint density at radius 1 is 0.643 bits per heavy atom. The van der Waals surface area contributed by atoms with E-state index in [4.69, 9.17) is 24.9 Å². The van der Waals surface area contributed by atoms with Crippen LogP contribution >= 0.6 is 7.60 Å². The monoisotopic (exact) mass is 577 g/mol. The Morgan fingerprint density at radius 2 is 1.14 bits per heavy atom. The molecule has 4 N–H and O–H groups in total. The highest BCUT2D eigenvalue weighted by Crippen LogP contribution is 2.59. The van der Waals surface area contributed by atoms with Crippen molar-refractivity contribution in [1.82, 2.24) is 5.32 Å². The number of nitrogen functional groups attached to an aromatic ring is 1. The summed E-state index contributed by atoms with van der Waals surface area (Å²) in [7, 11) is -4.22. The number of amides is 1. The second kappa shape index (κ2) is 12.9. The van der Waals surface area contributed by atoms with E-state index in [1.54, 1.807) is 109 Å². The molecule has 9 heteroatoms. The normalized spacial score (nSPS) is 11.6. The molecule has 5 rings (SSSR count). The van der Waals surface area contributed by atoms with Gasteiger partial charge in [-0.25, -0.2) is 4.57 Å². The molecule has 0 saturated carbocycles. The third-order valence-electron chi connectivity index (χ3n) is 6.15. The standard InChI is InChI=1S/C33H28N3O5P/c34-31(35)24-19-21-25(22-20-24)33(36-32(37)26-11-10-18-30(23-26)39-27-12-4-1-5-13-27)42(38,40-28-14-6-2-7-15-28)41-29-16-8-3-9-17-29/h1-23,33H,(H3,34,35)(H,36,37). The maximum Gasteiger partial charge on any atom is 0.457 e. The van der Waals surface area contributed by atoms with Crippen LogP contribution < -0.4 is 24.8 Å². The number of nitrogens with one attached hydrogen (secondary N) is 2. The van der Waals surface area contributed by atoms with Crippen LogP contribution in [0.4, 0.5) is 0 Å². The van der Waals surface area contributed by atoms with E-state index in [9.17, 15) is 9.36 Å². The summed E-state index contributed by atoms with van der Waals surface area (Å²) in [6, 6.07) is 39.6. The minimum absolute atomic E-state index is 0.123. The van der Waals surface area contributed by atoms with E-state index in [2.05, 4.69) is 5.32 Å². The number of ether oxygens (including phenoxy) is 1. The highest BCUT2D eigenvalue weighted by atomic mass is 31.2. The smallest absolute Gasteiger partial charge is 0.457 e. The van der Waals surface area contributed by atoms with E-state index in [-0.39, 0.29) is 11.4 Å². The van der Waals surface area contributed by atoms with Gasteiger partial charge in [-0.05, 0) is 60.2 Å². The van der Waals surface area contributed by atoms with Crippen molar-refractivity contribution in [2.75, 3.05) is 0 Å². The average Bonchev–Trinajstić information content (AvgIpc) is 3.01. The predicted octanol–water partition coefficient (Wildman–Crippen LogP) is 7.54. The van der Waals surface area contributed by atoms with Crippen LogP contribution in [-0.4, -0.2) is 11.7 Å². The molecule has 5 aromatic carbocycles. The van der Waals surface area contributed by atoms with Crippen LogP contribution in [0, 0.1) is 5.41 Å². The zero-order valence-corrected chi connectivity index (χ0v) is 23.3. The molecule has 0 aromatic heterocycles. The first-order chi connectivity index (χ1) is 20.4. The maximum absolute atomic E-state index is 14.8. The van der Waals surface area contributed by atoms with Gasteiger partial charge in [0, 0.05) is 11.1 Å². The fourth-order valence-electron chi connectivity index (χ4n) is 4.10. The van der Waals surface area contributed by atoms with Crippen LogP contribution in [0.5, 0.6) is 23.0 Å². The van der Waals surface area contributed by atoms with Crippen molar-refractivity contribution in [2.24, 2.45) is 5.73 Å². The van der Waals surface area contributed by atoms with Crippen LogP contribution in [-0.2, 0) is 4.57 Å². The Balaban J connectivity index is 1.53. The molecule has 0 aliphatic rings. The summed E-state index contributed by atoms with van der Waals surface area (Å²) in [6.45, 7) is 0. The lowest BCUT2D eigenvalue weighted by atomic mass is 10.1. The molecule has 1 unspecified atom stereocenters. The number of amidine groups is 1. The summed E-state index contributed by atoms with van der Waals surface area (Å²) in [5.74, 6) is -0.213. The van der Waals surface area contributed by atoms with Crippen LogP contribution in [0.3, 0.4) is 0 Å². The number of carbonyl (C=O) groups is 1. The first-order valence-electron chi connectivity index (χ1n) is 13.1. The highest BCUT2D eigenvalue weighted by Gasteiger charge is 2.42. The molecule has 0 fully saturated rings. The van der Waals surface area contributed by atoms with Crippen LogP contribution in [0.15, 0.2) is 140 Å². The SMILES string of the molecule is N=C(N)c1ccc(C(NC(=O)c2cccc(Oc3ccccc3)c2)P(=O)(Oc2ccccc2)Oc2ccccc2)cc1. The van der Waals surface area contributed by atoms with Gasteiger partial charge in [0.05, 0.1) is 0 Å². The summed E-state index contributed by atoms with van der Waals surface area (Å²) in [4.78, 5) is 13.7. The van der Waals surface area contributed by atoms with Crippen molar-refractivity contribution in [3.05, 3.63) is 156 Å². The number of nitrogens with two attached hydrogens (primary N) is 1. The largest absolute Gasteiger partial charge is 0.457 e. The molecule has 210 valence electrons. The molecule has 0 aliphatic carbocycles. The number of rotatable bonds is 11. The van der Waals surface area contributed by atoms with E-state index >= 15 is 0 Å². The second-order valence-corrected chi connectivity index (χ2v) is 11.2. The van der Waals surface area contributed by atoms with Gasteiger partial charge in [0.25, 0.3) is 5.91 Å². The molecule has 0 radical (unpaired) electrons. The van der Waals surface area contributed by atoms with Crippen LogP contribution in [0.25, 0.3) is 0 Å². The molecule has 8 nitrogen and oxygen atoms in total. The van der Waals surface area contributed by atoms with Crippen molar-refractivity contribution in [2.45, 2.75) is 5.78 Å². The van der Waals surface area contributed by atoms with Crippen molar-refractivity contribution >= 4 is 19.3 Å². The minimum atomic E-state index is -4.22. The molecule has 0 heterocycles. The third-order valence-corrected chi connectivity index (χ3v) is 8.14. The predicted molar refractivity (Wildman–Crippen MR) is 162 cm³/mol. The summed E-state index contributed by atoms with van der Waals surface area (Å²) in [6.07, 6.45) is 0. The van der Waals surface area contributed by atoms with Gasteiger partial charge in [0.2, 0.25) is 0 Å². The number of carbonyl (C=O) groups excluding carboxylic acids is 1. The quantitative estimate of drug-likeness (QED) is 0.0846. The van der Waals surface area contributed by atoms with Crippen LogP contribution in [0.2, 0.25) is 0 Å². The number of para-hydroxylation sites is 3. The Kier molecular flexibility index (Phi) is 8.66. The average molecular weight is 578 g/mol. The molecule has 0 bridgehead atoms. The molecule has 1 amide bonds. The fraction of sp³-hybridized carbons (Fsp3) is 0.0303. The second-order valence-electron chi connectivity index (χ2n) is 9.20. The summed E-state index contributed by atoms with van der Waals surface area (Å²) in [5.41, 5.74) is 6.83. The highest BCUT2D eigenvalue weighted by molar-refractivity contribution is 7.55. The number of hydrogen-bond donors (Lipinski definition) is 3. The van der Waals surface area contributed by atoms with E-state index in [0.717, 1.165) is 0 Å². The fourth-order valence-corrected chi connectivity index (χ4v) is 6.00. The van der Waals surface area contributed by atoms with E-state index in [0.29, 0.717) is 34.1 Å². The lowest BCUT2D eigenvalue weighted by Gasteiger charge is -2.28. The van der Waals surface area contributed by atoms with Gasteiger partial charge in [-0.1, -0.05) is 84.9 Å². The van der Waals surface area contributed by atoms with E-state index in [1.807, 2.05) is 30.3 Å². The summed E-state index contributed by atoms with van der Waals surface area (Å²) >= 11 is 0. The lowest BCUT2D eigenvalue weighted by Crippen LogP contribution is -2.31. The first kappa shape index (κ1) is 28.2. The van der Waals surface area contributed by atoms with Gasteiger partial charge in [0.15, 0.2) is 5.78 Å². The number of hydrogen-bond acceptors (Lipinski definition) is 6. The summed E-state index contributed by atoms with van der Waals surface area (Å²) in [5, 5.41) is 10.6. The van der Waals surface area contributed by atoms with Crippen LogP contribution in [0.1, 0.15) is 27.3 Å². The molecule has 1 atom stereocenters. The van der Waals surface area contributed by atoms with Gasteiger partial charge >= 0.3 is 7.60 Å². The molecular formula is C33H28N3O5P. The van der Waals surface area contributed by atoms with Gasteiger partial charge in [-0.2, -0.15) is 0 Å². The summed E-state index contributed by atoms with van der Waals surface area (Å²) < 4.78 is 32.8. The van der Waals surface area contributed by atoms with E-state index < -0.39 is 19.3 Å². The van der Waals surface area contributed by atoms with Crippen molar-refractivity contribution in [1.29, 1.82) is 5.41 Å². The minimum Gasteiger partial charge on any atom is -0.457 e. The maximum atomic E-state index is 14.8. The molecule has 0 spiro atoms. The zero-order chi connectivity index (χ0) is 29.4. The molecular weight excluding hydrogens is 549 g/mol. The Morgan fingerprint density at radius 3 is 1.67 bits per heavy atom. The molecule has 5 aromatic rings. The molecule has 42 heavy (non-hydrogen) atoms. The Labute approximate surface area is 243 Å². The third kappa shape index (κ3) is 7.05. The van der Waals surface area contributed by atoms with Gasteiger partial charge in [-0.15, -0.1) is 0 Å². The topological polar surface area (TPSA) is 124 Å². The number of benzene rings is 5. The van der Waals surface area contributed by atoms with Gasteiger partial charge in [0.1, 0.15) is 28.8 Å². The zero-order valence-electron chi connectivity index (χ0n) is 22.4. The van der Waals surface area contributed by atoms with Crippen molar-refractivity contribution in [3.8, 4) is 23.0 Å². The Hall–Kier alpha value is -5.33. The van der Waals surface area contributed by atoms with Gasteiger partial charge < -0.3 is 24.8 Å². The lowest BCUT2D eigenvalue weighted by molar-refractivity contribution is 0.0943. The first-order valence-corrected chi connectivity index (χ1v) is 14.7. The molecule has 0 aliphatic heterocycles. The van der Waals surface area contributed by atoms with Crippen molar-refractivity contribution in [3.63, 3.8) is 0 Å².